The second kappa shape index (κ2) is 9.12. The zero-order chi connectivity index (χ0) is 19.2. The zero-order valence-electron chi connectivity index (χ0n) is 14.9. The van der Waals surface area contributed by atoms with Gasteiger partial charge >= 0.3 is 5.97 Å². The van der Waals surface area contributed by atoms with E-state index >= 15 is 0 Å². The zero-order valence-corrected chi connectivity index (χ0v) is 16.4. The van der Waals surface area contributed by atoms with E-state index in [1.54, 1.807) is 12.3 Å². The molecule has 0 aromatic heterocycles. The van der Waals surface area contributed by atoms with Crippen LogP contribution in [0.1, 0.15) is 24.8 Å². The van der Waals surface area contributed by atoms with E-state index in [-0.39, 0.29) is 0 Å². The van der Waals surface area contributed by atoms with E-state index < -0.39 is 5.97 Å². The van der Waals surface area contributed by atoms with E-state index in [9.17, 15) is 4.79 Å². The largest absolute Gasteiger partial charge is 0.478 e. The van der Waals surface area contributed by atoms with Crippen LogP contribution in [0.5, 0.6) is 0 Å². The Morgan fingerprint density at radius 2 is 1.96 bits per heavy atom. The van der Waals surface area contributed by atoms with E-state index in [2.05, 4.69) is 23.1 Å². The molecular formula is C22H21Cl2NO2. The molecule has 0 saturated heterocycles. The summed E-state index contributed by atoms with van der Waals surface area (Å²) >= 11 is 12.4. The molecule has 0 atom stereocenters. The lowest BCUT2D eigenvalue weighted by atomic mass is 9.99. The molecule has 0 spiro atoms. The Morgan fingerprint density at radius 3 is 2.74 bits per heavy atom. The van der Waals surface area contributed by atoms with Gasteiger partial charge in [-0.05, 0) is 42.5 Å². The summed E-state index contributed by atoms with van der Waals surface area (Å²) in [6, 6.07) is 13.6. The molecule has 1 aliphatic heterocycles. The van der Waals surface area contributed by atoms with Crippen molar-refractivity contribution < 1.29 is 9.90 Å². The van der Waals surface area contributed by atoms with Gasteiger partial charge in [0, 0.05) is 34.9 Å². The van der Waals surface area contributed by atoms with E-state index in [1.807, 2.05) is 30.3 Å². The minimum Gasteiger partial charge on any atom is -0.478 e. The Labute approximate surface area is 169 Å². The number of carbonyl (C=O) groups is 1. The van der Waals surface area contributed by atoms with E-state index in [0.29, 0.717) is 22.0 Å². The van der Waals surface area contributed by atoms with Gasteiger partial charge in [0.05, 0.1) is 5.57 Å². The van der Waals surface area contributed by atoms with Gasteiger partial charge in [-0.2, -0.15) is 0 Å². The first-order chi connectivity index (χ1) is 13.0. The minimum absolute atomic E-state index is 0.493. The van der Waals surface area contributed by atoms with Crippen molar-refractivity contribution in [3.8, 4) is 11.1 Å². The van der Waals surface area contributed by atoms with Crippen molar-refractivity contribution in [2.75, 3.05) is 13.1 Å². The fourth-order valence-corrected chi connectivity index (χ4v) is 3.72. The van der Waals surface area contributed by atoms with Gasteiger partial charge in [-0.25, -0.2) is 4.79 Å². The molecule has 0 saturated carbocycles. The van der Waals surface area contributed by atoms with Crippen LogP contribution < -0.4 is 0 Å². The van der Waals surface area contributed by atoms with Gasteiger partial charge in [-0.3, -0.25) is 0 Å². The maximum atomic E-state index is 11.1. The summed E-state index contributed by atoms with van der Waals surface area (Å²) in [4.78, 5) is 13.2. The van der Waals surface area contributed by atoms with Gasteiger partial charge in [0.25, 0.3) is 0 Å². The fraction of sp³-hybridized carbons (Fsp3) is 0.227. The molecule has 0 unspecified atom stereocenters. The predicted octanol–water partition coefficient (Wildman–Crippen LogP) is 6.13. The highest BCUT2D eigenvalue weighted by Gasteiger charge is 2.14. The van der Waals surface area contributed by atoms with Gasteiger partial charge < -0.3 is 10.0 Å². The summed E-state index contributed by atoms with van der Waals surface area (Å²) in [5.74, 6) is -0.816. The van der Waals surface area contributed by atoms with Gasteiger partial charge in [0.15, 0.2) is 0 Å². The number of aliphatic carboxylic acids is 1. The third kappa shape index (κ3) is 5.15. The third-order valence-electron chi connectivity index (χ3n) is 4.57. The first-order valence-corrected chi connectivity index (χ1v) is 9.69. The number of hydrogen-bond donors (Lipinski definition) is 1. The Bertz CT molecular complexity index is 890. The molecule has 0 bridgehead atoms. The van der Waals surface area contributed by atoms with Gasteiger partial charge in [-0.15, -0.1) is 0 Å². The van der Waals surface area contributed by atoms with Crippen molar-refractivity contribution in [1.29, 1.82) is 0 Å². The molecule has 1 N–H and O–H groups in total. The quantitative estimate of drug-likeness (QED) is 0.632. The Kier molecular flexibility index (Phi) is 6.59. The van der Waals surface area contributed by atoms with E-state index in [0.717, 1.165) is 42.6 Å². The minimum atomic E-state index is -0.816. The topological polar surface area (TPSA) is 40.5 Å². The average Bonchev–Trinajstić information content (AvgIpc) is 2.66. The summed E-state index contributed by atoms with van der Waals surface area (Å²) in [5.41, 5.74) is 3.59. The normalized spacial score (nSPS) is 14.4. The number of carboxylic acids is 1. The smallest absolute Gasteiger partial charge is 0.333 e. The number of hydrogen-bond acceptors (Lipinski definition) is 2. The molecule has 0 aliphatic carbocycles. The first kappa shape index (κ1) is 19.5. The highest BCUT2D eigenvalue weighted by molar-refractivity contribution is 6.36. The standard InChI is InChI=1S/C22H21Cl2NO2/c23-18-10-11-20(21(24)14-18)19-9-2-1-6-16(19)7-3-4-12-25-13-5-8-17(15-25)22(26)27/h1-3,6-7,9-11,14-15H,4-5,8,12-13H2,(H,26,27)/b7-3+. The molecule has 0 fully saturated rings. The molecule has 140 valence electrons. The molecule has 3 nitrogen and oxygen atoms in total. The lowest BCUT2D eigenvalue weighted by Gasteiger charge is -2.24. The molecule has 0 amide bonds. The SMILES string of the molecule is O=C(O)C1=CN(CC/C=C/c2ccccc2-c2ccc(Cl)cc2Cl)CCC1. The van der Waals surface area contributed by atoms with Gasteiger partial charge in [0.2, 0.25) is 0 Å². The Hall–Kier alpha value is -2.23. The predicted molar refractivity (Wildman–Crippen MR) is 112 cm³/mol. The van der Waals surface area contributed by atoms with Crippen LogP contribution in [0, 0.1) is 0 Å². The first-order valence-electron chi connectivity index (χ1n) is 8.93. The fourth-order valence-electron chi connectivity index (χ4n) is 3.21. The molecule has 2 aromatic carbocycles. The third-order valence-corrected chi connectivity index (χ3v) is 5.11. The lowest BCUT2D eigenvalue weighted by molar-refractivity contribution is -0.133. The average molecular weight is 402 g/mol. The Balaban J connectivity index is 1.69. The summed E-state index contributed by atoms with van der Waals surface area (Å²) in [6.07, 6.45) is 8.36. The van der Waals surface area contributed by atoms with Crippen molar-refractivity contribution in [2.24, 2.45) is 0 Å². The molecule has 27 heavy (non-hydrogen) atoms. The Morgan fingerprint density at radius 1 is 1.15 bits per heavy atom. The number of carboxylic acid groups (broad SMARTS) is 1. The molecule has 0 radical (unpaired) electrons. The van der Waals surface area contributed by atoms with Crippen molar-refractivity contribution in [3.05, 3.63) is 75.9 Å². The van der Waals surface area contributed by atoms with Crippen molar-refractivity contribution in [1.82, 2.24) is 4.90 Å². The van der Waals surface area contributed by atoms with Crippen molar-refractivity contribution in [3.63, 3.8) is 0 Å². The van der Waals surface area contributed by atoms with E-state index in [1.165, 1.54) is 0 Å². The van der Waals surface area contributed by atoms with Crippen LogP contribution >= 0.6 is 23.2 Å². The summed E-state index contributed by atoms with van der Waals surface area (Å²) in [7, 11) is 0. The summed E-state index contributed by atoms with van der Waals surface area (Å²) < 4.78 is 0. The van der Waals surface area contributed by atoms with Crippen LogP contribution in [0.25, 0.3) is 17.2 Å². The van der Waals surface area contributed by atoms with E-state index in [4.69, 9.17) is 28.3 Å². The molecule has 3 rings (SSSR count). The molecule has 1 aliphatic rings. The van der Waals surface area contributed by atoms with Crippen molar-refractivity contribution in [2.45, 2.75) is 19.3 Å². The highest BCUT2D eigenvalue weighted by atomic mass is 35.5. The number of nitrogens with zero attached hydrogens (tertiary/aromatic N) is 1. The van der Waals surface area contributed by atoms with Gasteiger partial charge in [-0.1, -0.05) is 65.7 Å². The van der Waals surface area contributed by atoms with Crippen LogP contribution in [0.2, 0.25) is 10.0 Å². The van der Waals surface area contributed by atoms with Gasteiger partial charge in [0.1, 0.15) is 0 Å². The second-order valence-corrected chi connectivity index (χ2v) is 7.35. The number of rotatable bonds is 6. The van der Waals surface area contributed by atoms with Crippen molar-refractivity contribution >= 4 is 35.2 Å². The molecular weight excluding hydrogens is 381 g/mol. The summed E-state index contributed by atoms with van der Waals surface area (Å²) in [5, 5.41) is 10.4. The monoisotopic (exact) mass is 401 g/mol. The number of benzene rings is 2. The maximum absolute atomic E-state index is 11.1. The lowest BCUT2D eigenvalue weighted by Crippen LogP contribution is -2.25. The van der Waals surface area contributed by atoms with Crippen LogP contribution in [0.15, 0.2) is 60.3 Å². The molecule has 2 aromatic rings. The molecule has 5 heteroatoms. The summed E-state index contributed by atoms with van der Waals surface area (Å²) in [6.45, 7) is 1.71. The van der Waals surface area contributed by atoms with Crippen LogP contribution in [0.4, 0.5) is 0 Å². The van der Waals surface area contributed by atoms with Crippen LogP contribution in [-0.2, 0) is 4.79 Å². The number of halogens is 2. The molecule has 1 heterocycles. The highest BCUT2D eigenvalue weighted by Crippen LogP contribution is 2.33. The van der Waals surface area contributed by atoms with Crippen LogP contribution in [-0.4, -0.2) is 29.1 Å². The maximum Gasteiger partial charge on any atom is 0.333 e. The second-order valence-electron chi connectivity index (χ2n) is 6.50. The van der Waals surface area contributed by atoms with Crippen LogP contribution in [0.3, 0.4) is 0 Å².